The maximum absolute atomic E-state index is 11.2. The summed E-state index contributed by atoms with van der Waals surface area (Å²) in [5.74, 6) is -0.396. The zero-order valence-electron chi connectivity index (χ0n) is 10.1. The Morgan fingerprint density at radius 2 is 2.33 bits per heavy atom. The Labute approximate surface area is 109 Å². The van der Waals surface area contributed by atoms with Crippen LogP contribution in [0.4, 0.5) is 0 Å². The summed E-state index contributed by atoms with van der Waals surface area (Å²) in [5.41, 5.74) is 2.16. The lowest BCUT2D eigenvalue weighted by atomic mass is 10.2. The summed E-state index contributed by atoms with van der Waals surface area (Å²) < 4.78 is 6.43. The molecule has 0 saturated heterocycles. The van der Waals surface area contributed by atoms with Gasteiger partial charge in [0.1, 0.15) is 5.52 Å². The summed E-state index contributed by atoms with van der Waals surface area (Å²) >= 11 is 6.20. The fourth-order valence-corrected chi connectivity index (χ4v) is 1.82. The van der Waals surface area contributed by atoms with Crippen molar-refractivity contribution in [2.75, 3.05) is 6.61 Å². The number of aromatic nitrogens is 3. The molecule has 94 valence electrons. The molecule has 0 aliphatic rings. The summed E-state index contributed by atoms with van der Waals surface area (Å²) in [6.07, 6.45) is 2.95. The van der Waals surface area contributed by atoms with Gasteiger partial charge in [0.15, 0.2) is 0 Å². The normalized spacial score (nSPS) is 11.3. The quantitative estimate of drug-likeness (QED) is 0.631. The predicted molar refractivity (Wildman–Crippen MR) is 69.2 cm³/mol. The van der Waals surface area contributed by atoms with Gasteiger partial charge in [0.2, 0.25) is 0 Å². The van der Waals surface area contributed by atoms with E-state index >= 15 is 0 Å². The molecule has 0 bridgehead atoms. The van der Waals surface area contributed by atoms with Gasteiger partial charge >= 0.3 is 5.97 Å². The molecule has 0 spiro atoms. The van der Waals surface area contributed by atoms with E-state index in [-0.39, 0.29) is 0 Å². The number of aryl methyl sites for hydroxylation is 1. The number of rotatable bonds is 3. The van der Waals surface area contributed by atoms with Crippen molar-refractivity contribution < 1.29 is 9.53 Å². The third-order valence-electron chi connectivity index (χ3n) is 2.44. The molecule has 1 aromatic carbocycles. The van der Waals surface area contributed by atoms with Gasteiger partial charge in [-0.2, -0.15) is 0 Å². The van der Waals surface area contributed by atoms with Crippen LogP contribution >= 0.6 is 11.6 Å². The number of fused-ring (bicyclic) bond motifs is 1. The molecule has 2 rings (SSSR count). The standard InChI is InChI=1S/C12H12ClN3O2/c1-3-18-10(17)7-5-8-4-6-9-12(11(8)13)14-15-16(9)2/h4-7H,3H2,1-2H3. The molecule has 5 nitrogen and oxygen atoms in total. The fraction of sp³-hybridized carbons (Fsp3) is 0.250. The molecular weight excluding hydrogens is 254 g/mol. The first-order chi connectivity index (χ1) is 8.63. The Hall–Kier alpha value is -1.88. The first-order valence-corrected chi connectivity index (χ1v) is 5.84. The Morgan fingerprint density at radius 1 is 1.56 bits per heavy atom. The van der Waals surface area contributed by atoms with Crippen LogP contribution in [0, 0.1) is 0 Å². The zero-order chi connectivity index (χ0) is 13.1. The van der Waals surface area contributed by atoms with E-state index in [1.54, 1.807) is 24.7 Å². The molecule has 18 heavy (non-hydrogen) atoms. The second-order valence-corrected chi connectivity index (χ2v) is 4.01. The highest BCUT2D eigenvalue weighted by Crippen LogP contribution is 2.26. The second-order valence-electron chi connectivity index (χ2n) is 3.63. The molecular formula is C12H12ClN3O2. The average molecular weight is 266 g/mol. The Morgan fingerprint density at radius 3 is 3.06 bits per heavy atom. The van der Waals surface area contributed by atoms with Crippen LogP contribution in [0.3, 0.4) is 0 Å². The maximum atomic E-state index is 11.2. The van der Waals surface area contributed by atoms with Crippen molar-refractivity contribution in [2.24, 2.45) is 7.05 Å². The van der Waals surface area contributed by atoms with Gasteiger partial charge in [0.25, 0.3) is 0 Å². The van der Waals surface area contributed by atoms with E-state index in [0.717, 1.165) is 5.52 Å². The van der Waals surface area contributed by atoms with E-state index in [2.05, 4.69) is 10.3 Å². The van der Waals surface area contributed by atoms with Crippen LogP contribution in [0.15, 0.2) is 18.2 Å². The molecule has 0 aliphatic carbocycles. The number of halogens is 1. The molecule has 0 amide bonds. The number of carbonyl (C=O) groups excluding carboxylic acids is 1. The van der Waals surface area contributed by atoms with Crippen LogP contribution < -0.4 is 0 Å². The van der Waals surface area contributed by atoms with Crippen LogP contribution in [-0.2, 0) is 16.6 Å². The number of ether oxygens (including phenoxy) is 1. The summed E-state index contributed by atoms with van der Waals surface area (Å²) in [6, 6.07) is 3.66. The van der Waals surface area contributed by atoms with Gasteiger partial charge in [-0.15, -0.1) is 5.10 Å². The van der Waals surface area contributed by atoms with Gasteiger partial charge in [-0.3, -0.25) is 0 Å². The zero-order valence-corrected chi connectivity index (χ0v) is 10.8. The molecule has 0 atom stereocenters. The minimum absolute atomic E-state index is 0.347. The van der Waals surface area contributed by atoms with Crippen molar-refractivity contribution >= 4 is 34.7 Å². The number of hydrogen-bond donors (Lipinski definition) is 0. The number of nitrogens with zero attached hydrogens (tertiary/aromatic N) is 3. The summed E-state index contributed by atoms with van der Waals surface area (Å²) in [4.78, 5) is 11.2. The van der Waals surface area contributed by atoms with Gasteiger partial charge in [-0.1, -0.05) is 22.9 Å². The molecule has 1 heterocycles. The molecule has 1 aromatic heterocycles. The van der Waals surface area contributed by atoms with E-state index in [0.29, 0.717) is 22.7 Å². The predicted octanol–water partition coefficient (Wildman–Crippen LogP) is 2.20. The van der Waals surface area contributed by atoms with E-state index in [4.69, 9.17) is 16.3 Å². The molecule has 6 heteroatoms. The lowest BCUT2D eigenvalue weighted by molar-refractivity contribution is -0.137. The SMILES string of the molecule is CCOC(=O)C=Cc1ccc2c(nnn2C)c1Cl. The smallest absolute Gasteiger partial charge is 0.330 e. The molecule has 0 unspecified atom stereocenters. The Bertz CT molecular complexity index is 619. The molecule has 0 N–H and O–H groups in total. The lowest BCUT2D eigenvalue weighted by Crippen LogP contribution is -1.98. The molecule has 2 aromatic rings. The minimum Gasteiger partial charge on any atom is -0.463 e. The van der Waals surface area contributed by atoms with E-state index in [1.807, 2.05) is 12.1 Å². The van der Waals surface area contributed by atoms with E-state index < -0.39 is 5.97 Å². The van der Waals surface area contributed by atoms with Gasteiger partial charge < -0.3 is 4.74 Å². The van der Waals surface area contributed by atoms with Crippen molar-refractivity contribution in [3.63, 3.8) is 0 Å². The van der Waals surface area contributed by atoms with Crippen molar-refractivity contribution in [1.29, 1.82) is 0 Å². The topological polar surface area (TPSA) is 57.0 Å². The van der Waals surface area contributed by atoms with Gasteiger partial charge in [-0.05, 0) is 24.6 Å². The van der Waals surface area contributed by atoms with Crippen molar-refractivity contribution in [1.82, 2.24) is 15.0 Å². The van der Waals surface area contributed by atoms with Gasteiger partial charge in [0.05, 0.1) is 17.1 Å². The van der Waals surface area contributed by atoms with Gasteiger partial charge in [-0.25, -0.2) is 9.48 Å². The van der Waals surface area contributed by atoms with Crippen molar-refractivity contribution in [3.05, 3.63) is 28.8 Å². The molecule has 0 aliphatic heterocycles. The van der Waals surface area contributed by atoms with Crippen LogP contribution in [0.1, 0.15) is 12.5 Å². The summed E-state index contributed by atoms with van der Waals surface area (Å²) in [5, 5.41) is 8.33. The van der Waals surface area contributed by atoms with Crippen LogP contribution in [0.2, 0.25) is 5.02 Å². The third kappa shape index (κ3) is 2.36. The Balaban J connectivity index is 2.35. The fourth-order valence-electron chi connectivity index (χ4n) is 1.56. The summed E-state index contributed by atoms with van der Waals surface area (Å²) in [7, 11) is 1.79. The van der Waals surface area contributed by atoms with Crippen LogP contribution in [0.5, 0.6) is 0 Å². The highest BCUT2D eigenvalue weighted by molar-refractivity contribution is 6.36. The number of esters is 1. The summed E-state index contributed by atoms with van der Waals surface area (Å²) in [6.45, 7) is 2.10. The van der Waals surface area contributed by atoms with E-state index in [1.165, 1.54) is 6.08 Å². The average Bonchev–Trinajstić information content (AvgIpc) is 2.72. The van der Waals surface area contributed by atoms with E-state index in [9.17, 15) is 4.79 Å². The first kappa shape index (κ1) is 12.6. The number of benzene rings is 1. The van der Waals surface area contributed by atoms with Crippen LogP contribution in [0.25, 0.3) is 17.1 Å². The highest BCUT2D eigenvalue weighted by atomic mass is 35.5. The first-order valence-electron chi connectivity index (χ1n) is 5.46. The lowest BCUT2D eigenvalue weighted by Gasteiger charge is -1.99. The minimum atomic E-state index is -0.396. The van der Waals surface area contributed by atoms with Crippen molar-refractivity contribution in [2.45, 2.75) is 6.92 Å². The molecule has 0 fully saturated rings. The third-order valence-corrected chi connectivity index (χ3v) is 2.84. The second kappa shape index (κ2) is 5.18. The molecule has 0 saturated carbocycles. The monoisotopic (exact) mass is 265 g/mol. The highest BCUT2D eigenvalue weighted by Gasteiger charge is 2.08. The maximum Gasteiger partial charge on any atom is 0.330 e. The number of carbonyl (C=O) groups is 1. The number of hydrogen-bond acceptors (Lipinski definition) is 4. The van der Waals surface area contributed by atoms with Crippen molar-refractivity contribution in [3.8, 4) is 0 Å². The molecule has 0 radical (unpaired) electrons. The van der Waals surface area contributed by atoms with Crippen LogP contribution in [-0.4, -0.2) is 27.6 Å². The largest absolute Gasteiger partial charge is 0.463 e. The Kier molecular flexibility index (Phi) is 3.62. The van der Waals surface area contributed by atoms with Gasteiger partial charge in [0, 0.05) is 13.1 Å².